The van der Waals surface area contributed by atoms with Crippen molar-refractivity contribution in [1.82, 2.24) is 14.9 Å². The van der Waals surface area contributed by atoms with Gasteiger partial charge >= 0.3 is 0 Å². The first kappa shape index (κ1) is 16.5. The zero-order valence-corrected chi connectivity index (χ0v) is 15.4. The second kappa shape index (κ2) is 5.80. The molecule has 2 fully saturated rings. The summed E-state index contributed by atoms with van der Waals surface area (Å²) in [7, 11) is 0. The van der Waals surface area contributed by atoms with E-state index in [1.807, 2.05) is 11.0 Å². The molecule has 4 rings (SSSR count). The highest BCUT2D eigenvalue weighted by molar-refractivity contribution is 7.10. The lowest BCUT2D eigenvalue weighted by Gasteiger charge is -2.35. The van der Waals surface area contributed by atoms with Crippen molar-refractivity contribution in [3.63, 3.8) is 0 Å². The molecule has 0 spiro atoms. The highest BCUT2D eigenvalue weighted by Gasteiger charge is 2.68. The van der Waals surface area contributed by atoms with Gasteiger partial charge in [-0.15, -0.1) is 11.3 Å². The van der Waals surface area contributed by atoms with E-state index in [0.29, 0.717) is 6.54 Å². The maximum Gasteiger partial charge on any atom is 0.250 e. The molecular formula is C19H23N3O2S. The van der Waals surface area contributed by atoms with Crippen molar-refractivity contribution in [2.24, 2.45) is 5.41 Å². The van der Waals surface area contributed by atoms with Gasteiger partial charge in [0.1, 0.15) is 0 Å². The van der Waals surface area contributed by atoms with Gasteiger partial charge in [0, 0.05) is 30.0 Å². The summed E-state index contributed by atoms with van der Waals surface area (Å²) < 4.78 is 0. The fourth-order valence-electron chi connectivity index (χ4n) is 4.31. The highest BCUT2D eigenvalue weighted by atomic mass is 32.1. The Bertz CT molecular complexity index is 842. The van der Waals surface area contributed by atoms with Crippen molar-refractivity contribution in [2.45, 2.75) is 44.4 Å². The Morgan fingerprint density at radius 1 is 1.44 bits per heavy atom. The number of carbonyl (C=O) groups excluding carboxylic acids is 1. The summed E-state index contributed by atoms with van der Waals surface area (Å²) in [6, 6.07) is 5.69. The number of aromatic nitrogens is 2. The van der Waals surface area contributed by atoms with Crippen LogP contribution in [0.15, 0.2) is 34.7 Å². The van der Waals surface area contributed by atoms with Gasteiger partial charge in [-0.25, -0.2) is 4.98 Å². The number of likely N-dealkylation sites (tertiary alicyclic amines) is 1. The molecule has 1 amide bonds. The number of nitrogens with zero attached hydrogens (tertiary/aromatic N) is 2. The molecule has 132 valence electrons. The Morgan fingerprint density at radius 3 is 2.88 bits per heavy atom. The van der Waals surface area contributed by atoms with Crippen LogP contribution in [0.3, 0.4) is 0 Å². The SMILES string of the molecule is CC1(C)C[C@]1(C(=O)N1CCC[C@H](c2cc(=O)[nH]cn2)C1)c1cccs1. The molecule has 1 N–H and O–H groups in total. The summed E-state index contributed by atoms with van der Waals surface area (Å²) in [5.41, 5.74) is 0.294. The fraction of sp³-hybridized carbons (Fsp3) is 0.526. The van der Waals surface area contributed by atoms with Crippen LogP contribution in [0.2, 0.25) is 0 Å². The van der Waals surface area contributed by atoms with E-state index in [-0.39, 0.29) is 28.2 Å². The van der Waals surface area contributed by atoms with Crippen molar-refractivity contribution in [2.75, 3.05) is 13.1 Å². The Morgan fingerprint density at radius 2 is 2.24 bits per heavy atom. The van der Waals surface area contributed by atoms with Crippen LogP contribution in [0, 0.1) is 5.41 Å². The molecule has 1 saturated heterocycles. The van der Waals surface area contributed by atoms with E-state index in [0.717, 1.165) is 31.5 Å². The lowest BCUT2D eigenvalue weighted by atomic mass is 9.89. The van der Waals surface area contributed by atoms with Crippen molar-refractivity contribution in [3.05, 3.63) is 50.8 Å². The van der Waals surface area contributed by atoms with E-state index >= 15 is 0 Å². The van der Waals surface area contributed by atoms with E-state index in [4.69, 9.17) is 0 Å². The fourth-order valence-corrected chi connectivity index (χ4v) is 5.41. The molecule has 2 aromatic heterocycles. The maximum atomic E-state index is 13.5. The predicted molar refractivity (Wildman–Crippen MR) is 97.8 cm³/mol. The van der Waals surface area contributed by atoms with E-state index in [1.165, 1.54) is 11.2 Å². The number of H-pyrrole nitrogens is 1. The average molecular weight is 357 g/mol. The number of aromatic amines is 1. The molecule has 0 aromatic carbocycles. The van der Waals surface area contributed by atoms with Gasteiger partial charge in [-0.3, -0.25) is 9.59 Å². The van der Waals surface area contributed by atoms with Crippen molar-refractivity contribution in [3.8, 4) is 0 Å². The third-order valence-electron chi connectivity index (χ3n) is 5.87. The number of amides is 1. The van der Waals surface area contributed by atoms with E-state index < -0.39 is 0 Å². The summed E-state index contributed by atoms with van der Waals surface area (Å²) in [6.07, 6.45) is 4.28. The third-order valence-corrected chi connectivity index (χ3v) is 6.90. The number of hydrogen-bond donors (Lipinski definition) is 1. The Hall–Kier alpha value is -1.95. The molecule has 0 radical (unpaired) electrons. The number of carbonyl (C=O) groups is 1. The summed E-state index contributed by atoms with van der Waals surface area (Å²) in [5.74, 6) is 0.386. The minimum absolute atomic E-state index is 0.00399. The molecule has 1 saturated carbocycles. The molecule has 5 nitrogen and oxygen atoms in total. The van der Waals surface area contributed by atoms with Gasteiger partial charge in [-0.1, -0.05) is 19.9 Å². The molecule has 1 aliphatic heterocycles. The summed E-state index contributed by atoms with van der Waals surface area (Å²) in [5, 5.41) is 2.05. The predicted octanol–water partition coefficient (Wildman–Crippen LogP) is 2.91. The van der Waals surface area contributed by atoms with Crippen molar-refractivity contribution < 1.29 is 4.79 Å². The van der Waals surface area contributed by atoms with Gasteiger partial charge in [-0.2, -0.15) is 0 Å². The van der Waals surface area contributed by atoms with Gasteiger partial charge in [0.2, 0.25) is 5.91 Å². The van der Waals surface area contributed by atoms with Crippen LogP contribution in [0.4, 0.5) is 0 Å². The molecule has 1 aliphatic carbocycles. The van der Waals surface area contributed by atoms with Crippen molar-refractivity contribution in [1.29, 1.82) is 0 Å². The molecule has 2 aliphatic rings. The van der Waals surface area contributed by atoms with Gasteiger partial charge in [0.15, 0.2) is 0 Å². The number of thiophene rings is 1. The maximum absolute atomic E-state index is 13.5. The van der Waals surface area contributed by atoms with Gasteiger partial charge in [0.05, 0.1) is 17.4 Å². The number of hydrogen-bond acceptors (Lipinski definition) is 4. The zero-order chi connectivity index (χ0) is 17.7. The monoisotopic (exact) mass is 357 g/mol. The van der Waals surface area contributed by atoms with Crippen molar-refractivity contribution >= 4 is 17.2 Å². The number of nitrogens with one attached hydrogen (secondary N) is 1. The molecule has 2 aromatic rings. The molecule has 6 heteroatoms. The zero-order valence-electron chi connectivity index (χ0n) is 14.6. The van der Waals surface area contributed by atoms with E-state index in [9.17, 15) is 9.59 Å². The lowest BCUT2D eigenvalue weighted by molar-refractivity contribution is -0.136. The first-order valence-electron chi connectivity index (χ1n) is 8.82. The molecule has 25 heavy (non-hydrogen) atoms. The minimum atomic E-state index is -0.370. The van der Waals surface area contributed by atoms with Crippen LogP contribution in [-0.2, 0) is 10.2 Å². The highest BCUT2D eigenvalue weighted by Crippen LogP contribution is 2.66. The lowest BCUT2D eigenvalue weighted by Crippen LogP contribution is -2.46. The van der Waals surface area contributed by atoms with Gasteiger partial charge in [-0.05, 0) is 36.1 Å². The van der Waals surface area contributed by atoms with Crippen LogP contribution < -0.4 is 5.56 Å². The smallest absolute Gasteiger partial charge is 0.250 e. The quantitative estimate of drug-likeness (QED) is 0.918. The third kappa shape index (κ3) is 2.63. The van der Waals surface area contributed by atoms with Crippen LogP contribution in [0.25, 0.3) is 0 Å². The van der Waals surface area contributed by atoms with Crippen LogP contribution in [0.5, 0.6) is 0 Å². The second-order valence-corrected chi connectivity index (χ2v) is 8.82. The van der Waals surface area contributed by atoms with Crippen LogP contribution in [-0.4, -0.2) is 33.9 Å². The summed E-state index contributed by atoms with van der Waals surface area (Å²) in [4.78, 5) is 35.1. The second-order valence-electron chi connectivity index (χ2n) is 7.87. The molecule has 3 heterocycles. The standard InChI is InChI=1S/C19H23N3O2S/c1-18(2)11-19(18,15-6-4-8-25-15)17(24)22-7-3-5-13(10-22)14-9-16(23)21-12-20-14/h4,6,8-9,12-13H,3,5,7,10-11H2,1-2H3,(H,20,21,23)/t13-,19+/m0/s1. The Labute approximate surface area is 151 Å². The molecule has 2 atom stereocenters. The van der Waals surface area contributed by atoms with Gasteiger partial charge in [0.25, 0.3) is 5.56 Å². The summed E-state index contributed by atoms with van der Waals surface area (Å²) in [6.45, 7) is 5.81. The summed E-state index contributed by atoms with van der Waals surface area (Å²) >= 11 is 1.68. The minimum Gasteiger partial charge on any atom is -0.341 e. The average Bonchev–Trinajstić information content (AvgIpc) is 2.97. The van der Waals surface area contributed by atoms with Crippen LogP contribution in [0.1, 0.15) is 49.6 Å². The van der Waals surface area contributed by atoms with Gasteiger partial charge < -0.3 is 9.88 Å². The first-order valence-corrected chi connectivity index (χ1v) is 9.70. The van der Waals surface area contributed by atoms with E-state index in [2.05, 4.69) is 35.3 Å². The normalized spacial score (nSPS) is 27.9. The number of piperidine rings is 1. The molecule has 0 unspecified atom stereocenters. The molecule has 0 bridgehead atoms. The van der Waals surface area contributed by atoms with E-state index in [1.54, 1.807) is 17.4 Å². The Kier molecular flexibility index (Phi) is 3.83. The first-order chi connectivity index (χ1) is 11.9. The Balaban J connectivity index is 1.59. The largest absolute Gasteiger partial charge is 0.341 e. The van der Waals surface area contributed by atoms with Crippen LogP contribution >= 0.6 is 11.3 Å². The number of rotatable bonds is 3. The molecular weight excluding hydrogens is 334 g/mol. The topological polar surface area (TPSA) is 66.1 Å².